The Hall–Kier alpha value is -2.14. The molecular weight excluding hydrogens is 268 g/mol. The summed E-state index contributed by atoms with van der Waals surface area (Å²) in [6.45, 7) is 2.21. The fourth-order valence-corrected chi connectivity index (χ4v) is 2.21. The van der Waals surface area contributed by atoms with Gasteiger partial charge in [0.15, 0.2) is 0 Å². The molecule has 21 heavy (non-hydrogen) atoms. The number of ether oxygens (including phenoxy) is 1. The van der Waals surface area contributed by atoms with E-state index in [0.29, 0.717) is 25.9 Å². The summed E-state index contributed by atoms with van der Waals surface area (Å²) in [4.78, 5) is 15.4. The lowest BCUT2D eigenvalue weighted by Gasteiger charge is -2.22. The first-order chi connectivity index (χ1) is 10.1. The molecule has 0 bridgehead atoms. The molecule has 1 aromatic carbocycles. The largest absolute Gasteiger partial charge is 0.493 e. The zero-order chi connectivity index (χ0) is 15.3. The second kappa shape index (κ2) is 6.54. The molecule has 0 spiro atoms. The average Bonchev–Trinajstić information content (AvgIpc) is 2.51. The van der Waals surface area contributed by atoms with Gasteiger partial charge in [0.1, 0.15) is 11.3 Å². The molecule has 1 unspecified atom stereocenters. The van der Waals surface area contributed by atoms with E-state index in [1.165, 1.54) is 0 Å². The Morgan fingerprint density at radius 1 is 1.38 bits per heavy atom. The Balaban J connectivity index is 1.96. The van der Waals surface area contributed by atoms with E-state index in [1.807, 2.05) is 30.3 Å². The number of rotatable bonds is 7. The maximum Gasteiger partial charge on any atom is 0.323 e. The third-order valence-electron chi connectivity index (χ3n) is 3.69. The van der Waals surface area contributed by atoms with Gasteiger partial charge in [0.25, 0.3) is 0 Å². The lowest BCUT2D eigenvalue weighted by atomic mass is 9.92. The number of pyridine rings is 1. The van der Waals surface area contributed by atoms with Crippen LogP contribution >= 0.6 is 0 Å². The molecule has 1 atom stereocenters. The molecule has 0 aliphatic carbocycles. The smallest absolute Gasteiger partial charge is 0.323 e. The first-order valence-electron chi connectivity index (χ1n) is 7.05. The van der Waals surface area contributed by atoms with E-state index < -0.39 is 11.5 Å². The minimum absolute atomic E-state index is 0.391. The van der Waals surface area contributed by atoms with Crippen molar-refractivity contribution in [2.45, 2.75) is 31.7 Å². The zero-order valence-corrected chi connectivity index (χ0v) is 12.1. The average molecular weight is 288 g/mol. The number of aromatic nitrogens is 1. The number of benzene rings is 1. The molecule has 2 aromatic rings. The topological polar surface area (TPSA) is 85.4 Å². The summed E-state index contributed by atoms with van der Waals surface area (Å²) in [6.07, 6.45) is 3.12. The highest BCUT2D eigenvalue weighted by molar-refractivity contribution is 5.84. The number of carbonyl (C=O) groups is 1. The monoisotopic (exact) mass is 288 g/mol. The van der Waals surface area contributed by atoms with Gasteiger partial charge in [0.05, 0.1) is 12.1 Å². The Morgan fingerprint density at radius 3 is 2.90 bits per heavy atom. The predicted octanol–water partition coefficient (Wildman–Crippen LogP) is 2.59. The molecule has 5 heteroatoms. The van der Waals surface area contributed by atoms with E-state index in [4.69, 9.17) is 15.6 Å². The van der Waals surface area contributed by atoms with Crippen LogP contribution in [0, 0.1) is 0 Å². The van der Waals surface area contributed by atoms with Crippen molar-refractivity contribution < 1.29 is 14.6 Å². The van der Waals surface area contributed by atoms with Crippen LogP contribution in [0.5, 0.6) is 5.75 Å². The summed E-state index contributed by atoms with van der Waals surface area (Å²) in [7, 11) is 0. The molecule has 0 aliphatic heterocycles. The van der Waals surface area contributed by atoms with Crippen molar-refractivity contribution in [3.05, 3.63) is 36.5 Å². The molecule has 1 heterocycles. The minimum atomic E-state index is -1.16. The van der Waals surface area contributed by atoms with Gasteiger partial charge in [-0.2, -0.15) is 0 Å². The molecule has 3 N–H and O–H groups in total. The molecule has 5 nitrogen and oxygen atoms in total. The SMILES string of the molecule is CCC(N)(CCCOc1cccc2ncccc12)C(=O)O. The van der Waals surface area contributed by atoms with Crippen molar-refractivity contribution in [1.29, 1.82) is 0 Å². The van der Waals surface area contributed by atoms with Gasteiger partial charge in [-0.1, -0.05) is 13.0 Å². The number of fused-ring (bicyclic) bond motifs is 1. The van der Waals surface area contributed by atoms with Crippen molar-refractivity contribution in [2.24, 2.45) is 5.73 Å². The third-order valence-corrected chi connectivity index (χ3v) is 3.69. The fourth-order valence-electron chi connectivity index (χ4n) is 2.21. The standard InChI is InChI=1S/C16H20N2O3/c1-2-16(17,15(19)20)9-5-11-21-14-8-3-7-13-12(14)6-4-10-18-13/h3-4,6-8,10H,2,5,9,11,17H2,1H3,(H,19,20). The maximum atomic E-state index is 11.1. The highest BCUT2D eigenvalue weighted by atomic mass is 16.5. The van der Waals surface area contributed by atoms with Crippen molar-refractivity contribution in [3.8, 4) is 5.75 Å². The first-order valence-corrected chi connectivity index (χ1v) is 7.05. The number of nitrogens with zero attached hydrogens (tertiary/aromatic N) is 1. The number of nitrogens with two attached hydrogens (primary N) is 1. The maximum absolute atomic E-state index is 11.1. The van der Waals surface area contributed by atoms with Crippen molar-refractivity contribution in [3.63, 3.8) is 0 Å². The van der Waals surface area contributed by atoms with Gasteiger partial charge in [-0.05, 0) is 43.5 Å². The second-order valence-electron chi connectivity index (χ2n) is 5.09. The van der Waals surface area contributed by atoms with Crippen LogP contribution in [0.25, 0.3) is 10.9 Å². The third kappa shape index (κ3) is 3.49. The highest BCUT2D eigenvalue weighted by Gasteiger charge is 2.30. The van der Waals surface area contributed by atoms with Crippen LogP contribution in [0.15, 0.2) is 36.5 Å². The molecular formula is C16H20N2O3. The second-order valence-corrected chi connectivity index (χ2v) is 5.09. The molecule has 0 aliphatic rings. The Morgan fingerprint density at radius 2 is 2.19 bits per heavy atom. The van der Waals surface area contributed by atoms with E-state index in [0.717, 1.165) is 16.7 Å². The number of hydrogen-bond acceptors (Lipinski definition) is 4. The predicted molar refractivity (Wildman–Crippen MR) is 81.3 cm³/mol. The van der Waals surface area contributed by atoms with Crippen molar-refractivity contribution in [1.82, 2.24) is 4.98 Å². The molecule has 112 valence electrons. The molecule has 0 fully saturated rings. The summed E-state index contributed by atoms with van der Waals surface area (Å²) in [5, 5.41) is 10.1. The van der Waals surface area contributed by atoms with E-state index >= 15 is 0 Å². The summed E-state index contributed by atoms with van der Waals surface area (Å²) in [6, 6.07) is 9.52. The van der Waals surface area contributed by atoms with Gasteiger partial charge < -0.3 is 15.6 Å². The number of hydrogen-bond donors (Lipinski definition) is 2. The first kappa shape index (κ1) is 15.3. The Bertz CT molecular complexity index is 624. The lowest BCUT2D eigenvalue weighted by Crippen LogP contribution is -2.47. The molecule has 0 saturated heterocycles. The molecule has 0 radical (unpaired) electrons. The van der Waals surface area contributed by atoms with Gasteiger partial charge in [-0.3, -0.25) is 9.78 Å². The summed E-state index contributed by atoms with van der Waals surface area (Å²) in [5.41, 5.74) is 5.56. The van der Waals surface area contributed by atoms with Crippen LogP contribution in [0.4, 0.5) is 0 Å². The number of aliphatic carboxylic acids is 1. The van der Waals surface area contributed by atoms with Crippen molar-refractivity contribution >= 4 is 16.9 Å². The Kier molecular flexibility index (Phi) is 4.75. The summed E-state index contributed by atoms with van der Waals surface area (Å²) >= 11 is 0. The van der Waals surface area contributed by atoms with Gasteiger partial charge in [0, 0.05) is 11.6 Å². The number of carboxylic acids is 1. The van der Waals surface area contributed by atoms with E-state index in [9.17, 15) is 4.79 Å². The summed E-state index contributed by atoms with van der Waals surface area (Å²) in [5.74, 6) is -0.200. The molecule has 2 rings (SSSR count). The molecule has 1 aromatic heterocycles. The quantitative estimate of drug-likeness (QED) is 0.765. The van der Waals surface area contributed by atoms with E-state index in [2.05, 4.69) is 4.98 Å². The van der Waals surface area contributed by atoms with Gasteiger partial charge in [0.2, 0.25) is 0 Å². The Labute approximate surface area is 123 Å². The van der Waals surface area contributed by atoms with Crippen LogP contribution < -0.4 is 10.5 Å². The number of carboxylic acid groups (broad SMARTS) is 1. The van der Waals surface area contributed by atoms with Gasteiger partial charge in [-0.15, -0.1) is 0 Å². The van der Waals surface area contributed by atoms with E-state index in [-0.39, 0.29) is 0 Å². The normalized spacial score (nSPS) is 13.8. The van der Waals surface area contributed by atoms with Gasteiger partial charge >= 0.3 is 5.97 Å². The van der Waals surface area contributed by atoms with Gasteiger partial charge in [-0.25, -0.2) is 0 Å². The van der Waals surface area contributed by atoms with Crippen LogP contribution in [0.2, 0.25) is 0 Å². The minimum Gasteiger partial charge on any atom is -0.493 e. The van der Waals surface area contributed by atoms with Crippen LogP contribution in [-0.4, -0.2) is 28.2 Å². The van der Waals surface area contributed by atoms with E-state index in [1.54, 1.807) is 13.1 Å². The zero-order valence-electron chi connectivity index (χ0n) is 12.1. The molecule has 0 saturated carbocycles. The summed E-state index contributed by atoms with van der Waals surface area (Å²) < 4.78 is 5.75. The van der Waals surface area contributed by atoms with Crippen LogP contribution in [0.3, 0.4) is 0 Å². The van der Waals surface area contributed by atoms with Crippen molar-refractivity contribution in [2.75, 3.05) is 6.61 Å². The fraction of sp³-hybridized carbons (Fsp3) is 0.375. The van der Waals surface area contributed by atoms with Crippen LogP contribution in [-0.2, 0) is 4.79 Å². The lowest BCUT2D eigenvalue weighted by molar-refractivity contribution is -0.143. The highest BCUT2D eigenvalue weighted by Crippen LogP contribution is 2.24. The molecule has 0 amide bonds. The van der Waals surface area contributed by atoms with Crippen LogP contribution in [0.1, 0.15) is 26.2 Å².